The van der Waals surface area contributed by atoms with E-state index in [0.29, 0.717) is 53.7 Å². The number of carbonyl (C=O) groups excluding carboxylic acids is 2. The molecule has 7 heteroatoms. The van der Waals surface area contributed by atoms with Gasteiger partial charge >= 0.3 is 0 Å². The maximum atomic E-state index is 12.8. The first-order valence-corrected chi connectivity index (χ1v) is 17.2. The average molecular weight is 570 g/mol. The van der Waals surface area contributed by atoms with Crippen LogP contribution in [0.25, 0.3) is 0 Å². The third-order valence-electron chi connectivity index (χ3n) is 14.1. The topological polar surface area (TPSA) is 79.9 Å². The average Bonchev–Trinajstić information content (AvgIpc) is 3.40. The summed E-state index contributed by atoms with van der Waals surface area (Å²) >= 11 is 0. The van der Waals surface area contributed by atoms with Crippen molar-refractivity contribution >= 4 is 11.8 Å². The second-order valence-corrected chi connectivity index (χ2v) is 16.0. The molecule has 7 aliphatic rings. The SMILES string of the molecule is C[C@@H]1CC[C@@]2(OC1)O[C@H]1C[C@H]3[C@@H]4CC[C@@H]5C[C@H](NC(=O)CC(=O)N6CCNCC6)CC[C@]5(C)[C@H]4CC[C@]3(C)[C@H]1[C@@H]2C. The smallest absolute Gasteiger partial charge is 0.232 e. The Labute approximate surface area is 247 Å². The number of ether oxygens (including phenoxy) is 2. The number of hydrogen-bond donors (Lipinski definition) is 2. The van der Waals surface area contributed by atoms with Crippen LogP contribution in [0.1, 0.15) is 98.3 Å². The van der Waals surface area contributed by atoms with Crippen LogP contribution in [-0.2, 0) is 19.1 Å². The van der Waals surface area contributed by atoms with Gasteiger partial charge in [-0.1, -0.05) is 27.7 Å². The summed E-state index contributed by atoms with van der Waals surface area (Å²) in [5, 5.41) is 6.56. The third-order valence-corrected chi connectivity index (χ3v) is 14.1. The van der Waals surface area contributed by atoms with E-state index in [0.717, 1.165) is 56.7 Å². The van der Waals surface area contributed by atoms with E-state index < -0.39 is 0 Å². The highest BCUT2D eigenvalue weighted by molar-refractivity contribution is 5.97. The van der Waals surface area contributed by atoms with E-state index in [9.17, 15) is 9.59 Å². The highest BCUT2D eigenvalue weighted by Crippen LogP contribution is 2.71. The highest BCUT2D eigenvalue weighted by Gasteiger charge is 2.69. The molecule has 1 spiro atoms. The van der Waals surface area contributed by atoms with Gasteiger partial charge < -0.3 is 25.0 Å². The van der Waals surface area contributed by atoms with Crippen molar-refractivity contribution in [2.45, 2.75) is 116 Å². The van der Waals surface area contributed by atoms with E-state index in [-0.39, 0.29) is 30.1 Å². The van der Waals surface area contributed by atoms with Gasteiger partial charge in [0.05, 0.1) is 12.7 Å². The fraction of sp³-hybridized carbons (Fsp3) is 0.941. The van der Waals surface area contributed by atoms with Crippen molar-refractivity contribution in [2.24, 2.45) is 52.3 Å². The summed E-state index contributed by atoms with van der Waals surface area (Å²) in [7, 11) is 0. The van der Waals surface area contributed by atoms with Crippen LogP contribution in [-0.4, -0.2) is 67.4 Å². The molecule has 2 N–H and O–H groups in total. The molecule has 0 aromatic rings. The summed E-state index contributed by atoms with van der Waals surface area (Å²) < 4.78 is 13.5. The Hall–Kier alpha value is -1.18. The summed E-state index contributed by atoms with van der Waals surface area (Å²) in [6.45, 7) is 13.9. The molecule has 41 heavy (non-hydrogen) atoms. The first-order valence-electron chi connectivity index (χ1n) is 17.2. The Kier molecular flexibility index (Phi) is 7.30. The van der Waals surface area contributed by atoms with Crippen molar-refractivity contribution in [3.05, 3.63) is 0 Å². The molecule has 7 nitrogen and oxygen atoms in total. The number of piperazine rings is 1. The maximum absolute atomic E-state index is 12.8. The van der Waals surface area contributed by atoms with E-state index in [1.165, 1.54) is 44.9 Å². The standard InChI is InChI=1S/C34H55N3O4/c1-21-7-12-34(40-20-21)22(2)31-28(41-34)18-27-25-6-5-23-17-24(8-10-32(23,3)26(25)9-11-33(27,31)4)36-29(38)19-30(39)37-15-13-35-14-16-37/h21-28,31,35H,5-20H2,1-4H3,(H,36,38)/t21-,22+,23-,24-,25-,26+,27+,28+,31+,32+,33+,34-/m1/s1. The molecule has 230 valence electrons. The van der Waals surface area contributed by atoms with Gasteiger partial charge in [0.1, 0.15) is 6.42 Å². The number of amides is 2. The molecule has 7 rings (SSSR count). The van der Waals surface area contributed by atoms with Crippen LogP contribution >= 0.6 is 0 Å². The molecule has 3 saturated heterocycles. The fourth-order valence-electron chi connectivity index (χ4n) is 11.8. The maximum Gasteiger partial charge on any atom is 0.232 e. The van der Waals surface area contributed by atoms with Gasteiger partial charge in [-0.2, -0.15) is 0 Å². The molecule has 0 radical (unpaired) electrons. The van der Waals surface area contributed by atoms with Crippen LogP contribution in [0.4, 0.5) is 0 Å². The Morgan fingerprint density at radius 2 is 1.71 bits per heavy atom. The van der Waals surface area contributed by atoms with Gasteiger partial charge in [0.15, 0.2) is 5.79 Å². The van der Waals surface area contributed by atoms with Crippen LogP contribution < -0.4 is 10.6 Å². The van der Waals surface area contributed by atoms with Crippen LogP contribution in [0.3, 0.4) is 0 Å². The van der Waals surface area contributed by atoms with Crippen molar-refractivity contribution in [3.63, 3.8) is 0 Å². The number of nitrogens with zero attached hydrogens (tertiary/aromatic N) is 1. The monoisotopic (exact) mass is 569 g/mol. The van der Waals surface area contributed by atoms with Gasteiger partial charge in [-0.25, -0.2) is 0 Å². The normalized spacial score (nSPS) is 50.9. The van der Waals surface area contributed by atoms with Crippen LogP contribution in [0.2, 0.25) is 0 Å². The summed E-state index contributed by atoms with van der Waals surface area (Å²) in [5.74, 6) is 4.37. The fourth-order valence-corrected chi connectivity index (χ4v) is 11.8. The second kappa shape index (κ2) is 10.5. The van der Waals surface area contributed by atoms with Crippen molar-refractivity contribution < 1.29 is 19.1 Å². The quantitative estimate of drug-likeness (QED) is 0.480. The highest BCUT2D eigenvalue weighted by atomic mass is 16.7. The van der Waals surface area contributed by atoms with Crippen LogP contribution in [0.5, 0.6) is 0 Å². The van der Waals surface area contributed by atoms with Crippen LogP contribution in [0, 0.1) is 52.3 Å². The molecule has 7 fully saturated rings. The van der Waals surface area contributed by atoms with Crippen molar-refractivity contribution in [1.29, 1.82) is 0 Å². The first kappa shape index (κ1) is 28.6. The van der Waals surface area contributed by atoms with Gasteiger partial charge in [-0.3, -0.25) is 9.59 Å². The van der Waals surface area contributed by atoms with Crippen molar-refractivity contribution in [2.75, 3.05) is 32.8 Å². The molecule has 0 aromatic heterocycles. The van der Waals surface area contributed by atoms with Gasteiger partial charge in [0.25, 0.3) is 0 Å². The number of carbonyl (C=O) groups is 2. The van der Waals surface area contributed by atoms with E-state index in [2.05, 4.69) is 38.3 Å². The Morgan fingerprint density at radius 3 is 2.46 bits per heavy atom. The molecule has 4 saturated carbocycles. The zero-order valence-electron chi connectivity index (χ0n) is 26.1. The number of fused-ring (bicyclic) bond motifs is 7. The molecule has 12 atom stereocenters. The molecular weight excluding hydrogens is 514 g/mol. The lowest BCUT2D eigenvalue weighted by Gasteiger charge is -2.61. The molecule has 0 unspecified atom stereocenters. The van der Waals surface area contributed by atoms with Gasteiger partial charge in [-0.05, 0) is 104 Å². The Balaban J connectivity index is 0.984. The summed E-state index contributed by atoms with van der Waals surface area (Å²) in [6, 6.07) is 0.219. The molecule has 0 aromatic carbocycles. The molecule has 4 aliphatic carbocycles. The van der Waals surface area contributed by atoms with E-state index in [1.807, 2.05) is 4.90 Å². The summed E-state index contributed by atoms with van der Waals surface area (Å²) in [6.07, 6.45) is 12.5. The van der Waals surface area contributed by atoms with E-state index in [4.69, 9.17) is 9.47 Å². The molecule has 3 heterocycles. The van der Waals surface area contributed by atoms with E-state index in [1.54, 1.807) is 0 Å². The second-order valence-electron chi connectivity index (χ2n) is 16.0. The van der Waals surface area contributed by atoms with Crippen molar-refractivity contribution in [1.82, 2.24) is 15.5 Å². The summed E-state index contributed by atoms with van der Waals surface area (Å²) in [5.41, 5.74) is 0.739. The minimum atomic E-state index is -0.325. The predicted octanol–water partition coefficient (Wildman–Crippen LogP) is 4.74. The number of rotatable bonds is 3. The predicted molar refractivity (Wildman–Crippen MR) is 158 cm³/mol. The van der Waals surface area contributed by atoms with Crippen molar-refractivity contribution in [3.8, 4) is 0 Å². The summed E-state index contributed by atoms with van der Waals surface area (Å²) in [4.78, 5) is 27.3. The van der Waals surface area contributed by atoms with Gasteiger partial charge in [0, 0.05) is 44.6 Å². The van der Waals surface area contributed by atoms with E-state index >= 15 is 0 Å². The van der Waals surface area contributed by atoms with Gasteiger partial charge in [0.2, 0.25) is 11.8 Å². The molecule has 2 amide bonds. The lowest BCUT2D eigenvalue weighted by molar-refractivity contribution is -0.273. The lowest BCUT2D eigenvalue weighted by Crippen LogP contribution is -2.56. The lowest BCUT2D eigenvalue weighted by atomic mass is 9.44. The largest absolute Gasteiger partial charge is 0.353 e. The minimum Gasteiger partial charge on any atom is -0.353 e. The first-order chi connectivity index (χ1) is 19.6. The number of hydrogen-bond acceptors (Lipinski definition) is 5. The molecule has 3 aliphatic heterocycles. The third kappa shape index (κ3) is 4.61. The minimum absolute atomic E-state index is 0.00241. The zero-order chi connectivity index (χ0) is 28.6. The number of nitrogens with one attached hydrogen (secondary N) is 2. The Morgan fingerprint density at radius 1 is 0.927 bits per heavy atom. The molecule has 0 bridgehead atoms. The zero-order valence-corrected chi connectivity index (χ0v) is 26.1. The van der Waals surface area contributed by atoms with Gasteiger partial charge in [-0.15, -0.1) is 0 Å². The molecular formula is C34H55N3O4. The Bertz CT molecular complexity index is 1020. The van der Waals surface area contributed by atoms with Crippen LogP contribution in [0.15, 0.2) is 0 Å².